The van der Waals surface area contributed by atoms with E-state index < -0.39 is 21.4 Å². The molecule has 0 radical (unpaired) electrons. The maximum atomic E-state index is 12.0. The van der Waals surface area contributed by atoms with Crippen molar-refractivity contribution in [3.63, 3.8) is 0 Å². The van der Waals surface area contributed by atoms with Gasteiger partial charge in [0.1, 0.15) is 17.8 Å². The lowest BCUT2D eigenvalue weighted by Gasteiger charge is -2.28. The highest BCUT2D eigenvalue weighted by Crippen LogP contribution is 2.27. The highest BCUT2D eigenvalue weighted by molar-refractivity contribution is 7.90. The zero-order chi connectivity index (χ0) is 15.0. The minimum Gasteiger partial charge on any atom is -0.368 e. The van der Waals surface area contributed by atoms with Gasteiger partial charge in [-0.3, -0.25) is 9.69 Å². The van der Waals surface area contributed by atoms with Crippen LogP contribution in [0.1, 0.15) is 13.8 Å². The van der Waals surface area contributed by atoms with Crippen LogP contribution < -0.4 is 0 Å². The van der Waals surface area contributed by atoms with Crippen LogP contribution >= 0.6 is 12.2 Å². The van der Waals surface area contributed by atoms with Crippen molar-refractivity contribution in [3.05, 3.63) is 0 Å². The van der Waals surface area contributed by atoms with Crippen molar-refractivity contribution in [1.82, 2.24) is 14.7 Å². The second kappa shape index (κ2) is 5.04. The average Bonchev–Trinajstić information content (AvgIpc) is 2.42. The van der Waals surface area contributed by atoms with Crippen LogP contribution in [0.3, 0.4) is 0 Å². The van der Waals surface area contributed by atoms with Crippen molar-refractivity contribution in [2.75, 3.05) is 27.0 Å². The van der Waals surface area contributed by atoms with Gasteiger partial charge in [-0.1, -0.05) is 0 Å². The summed E-state index contributed by atoms with van der Waals surface area (Å²) in [5, 5.41) is 0.193. The molecule has 1 rings (SSSR count). The maximum absolute atomic E-state index is 12.0. The smallest absolute Gasteiger partial charge is 0.272 e. The van der Waals surface area contributed by atoms with Crippen molar-refractivity contribution < 1.29 is 13.2 Å². The third kappa shape index (κ3) is 3.21. The lowest BCUT2D eigenvalue weighted by atomic mass is 10.1. The molecule has 19 heavy (non-hydrogen) atoms. The van der Waals surface area contributed by atoms with Crippen LogP contribution in [0.25, 0.3) is 0 Å². The number of hydrogen-bond donors (Lipinski definition) is 0. The second-order valence-electron chi connectivity index (χ2n) is 5.03. The van der Waals surface area contributed by atoms with Crippen LogP contribution in [-0.4, -0.2) is 73.0 Å². The van der Waals surface area contributed by atoms with Crippen LogP contribution in [0, 0.1) is 0 Å². The third-order valence-electron chi connectivity index (χ3n) is 2.75. The summed E-state index contributed by atoms with van der Waals surface area (Å²) in [7, 11) is 1.14. The molecule has 9 heteroatoms. The second-order valence-corrected chi connectivity index (χ2v) is 7.03. The first kappa shape index (κ1) is 15.8. The molecule has 1 amide bonds. The molecule has 7 nitrogen and oxygen atoms in total. The lowest BCUT2D eigenvalue weighted by Crippen LogP contribution is -2.46. The number of rotatable bonds is 4. The normalized spacial score (nSPS) is 19.6. The van der Waals surface area contributed by atoms with Crippen molar-refractivity contribution in [2.24, 2.45) is 4.40 Å². The molecule has 0 spiro atoms. The zero-order valence-corrected chi connectivity index (χ0v) is 13.2. The van der Waals surface area contributed by atoms with Crippen LogP contribution in [0.5, 0.6) is 0 Å². The Labute approximate surface area is 118 Å². The first-order chi connectivity index (χ1) is 8.49. The van der Waals surface area contributed by atoms with E-state index in [1.807, 2.05) is 0 Å². The van der Waals surface area contributed by atoms with E-state index in [9.17, 15) is 13.2 Å². The Morgan fingerprint density at radius 2 is 1.95 bits per heavy atom. The van der Waals surface area contributed by atoms with Gasteiger partial charge in [0, 0.05) is 21.1 Å². The highest BCUT2D eigenvalue weighted by Gasteiger charge is 2.48. The molecule has 0 aliphatic carbocycles. The summed E-state index contributed by atoms with van der Waals surface area (Å²) in [6, 6.07) is 0. The Bertz CT molecular complexity index is 525. The van der Waals surface area contributed by atoms with Gasteiger partial charge in [-0.2, -0.15) is 4.40 Å². The van der Waals surface area contributed by atoms with E-state index in [2.05, 4.69) is 4.40 Å². The summed E-state index contributed by atoms with van der Waals surface area (Å²) < 4.78 is 27.3. The summed E-state index contributed by atoms with van der Waals surface area (Å²) in [5.41, 5.74) is -0.980. The molecule has 108 valence electrons. The summed E-state index contributed by atoms with van der Waals surface area (Å²) in [4.78, 5) is 16.1. The largest absolute Gasteiger partial charge is 0.368 e. The fourth-order valence-electron chi connectivity index (χ4n) is 1.61. The number of carbonyl (C=O) groups excluding carboxylic acids is 1. The SMILES string of the molecule is CN(C)/C=N/S(=O)(=O)CN1C(=S)N(C)C(=O)C1(C)C. The molecule has 1 aliphatic rings. The molecule has 0 atom stereocenters. The van der Waals surface area contributed by atoms with Crippen LogP contribution in [0.4, 0.5) is 0 Å². The number of likely N-dealkylation sites (N-methyl/N-ethyl adjacent to an activating group) is 1. The number of thiocarbonyl (C=S) groups is 1. The Balaban J connectivity index is 3.00. The Morgan fingerprint density at radius 3 is 2.32 bits per heavy atom. The minimum atomic E-state index is -3.72. The topological polar surface area (TPSA) is 73.3 Å². The average molecular weight is 306 g/mol. The van der Waals surface area contributed by atoms with E-state index in [-0.39, 0.29) is 11.0 Å². The first-order valence-electron chi connectivity index (χ1n) is 5.53. The van der Waals surface area contributed by atoms with Gasteiger partial charge in [-0.15, -0.1) is 0 Å². The molecule has 1 aliphatic heterocycles. The van der Waals surface area contributed by atoms with Crippen molar-refractivity contribution >= 4 is 39.6 Å². The highest BCUT2D eigenvalue weighted by atomic mass is 32.2. The summed E-state index contributed by atoms with van der Waals surface area (Å²) in [6.45, 7) is 3.27. The molecular weight excluding hydrogens is 288 g/mol. The Morgan fingerprint density at radius 1 is 1.42 bits per heavy atom. The van der Waals surface area contributed by atoms with E-state index in [0.29, 0.717) is 0 Å². The molecule has 1 fully saturated rings. The quantitative estimate of drug-likeness (QED) is 0.403. The van der Waals surface area contributed by atoms with Crippen LogP contribution in [-0.2, 0) is 14.8 Å². The van der Waals surface area contributed by atoms with E-state index in [4.69, 9.17) is 12.2 Å². The molecule has 0 aromatic heterocycles. The van der Waals surface area contributed by atoms with Gasteiger partial charge in [0.05, 0.1) is 0 Å². The van der Waals surface area contributed by atoms with Gasteiger partial charge in [0.25, 0.3) is 15.9 Å². The molecule has 1 heterocycles. The Kier molecular flexibility index (Phi) is 4.20. The van der Waals surface area contributed by atoms with E-state index in [0.717, 1.165) is 0 Å². The van der Waals surface area contributed by atoms with Crippen LogP contribution in [0.2, 0.25) is 0 Å². The van der Waals surface area contributed by atoms with Crippen LogP contribution in [0.15, 0.2) is 4.40 Å². The lowest BCUT2D eigenvalue weighted by molar-refractivity contribution is -0.130. The number of hydrogen-bond acceptors (Lipinski definition) is 4. The monoisotopic (exact) mass is 306 g/mol. The van der Waals surface area contributed by atoms with Crippen molar-refractivity contribution in [2.45, 2.75) is 19.4 Å². The summed E-state index contributed by atoms with van der Waals surface area (Å²) in [6.07, 6.45) is 1.20. The van der Waals surface area contributed by atoms with E-state index in [1.165, 1.54) is 28.1 Å². The predicted molar refractivity (Wildman–Crippen MR) is 77.3 cm³/mol. The molecular formula is C10H18N4O3S2. The third-order valence-corrected chi connectivity index (χ3v) is 4.25. The standard InChI is InChI=1S/C10H18N4O3S2/c1-10(2)8(15)13(5)9(18)14(10)7-19(16,17)11-6-12(3)4/h6H,7H2,1-5H3/b11-6+. The molecule has 0 bridgehead atoms. The molecule has 0 unspecified atom stereocenters. The predicted octanol–water partition coefficient (Wildman–Crippen LogP) is -0.299. The molecule has 0 N–H and O–H groups in total. The number of nitrogens with zero attached hydrogens (tertiary/aromatic N) is 4. The molecule has 0 saturated carbocycles. The first-order valence-corrected chi connectivity index (χ1v) is 7.55. The zero-order valence-electron chi connectivity index (χ0n) is 11.6. The van der Waals surface area contributed by atoms with Gasteiger partial charge in [-0.25, -0.2) is 8.42 Å². The van der Waals surface area contributed by atoms with Crippen molar-refractivity contribution in [3.8, 4) is 0 Å². The van der Waals surface area contributed by atoms with Crippen molar-refractivity contribution in [1.29, 1.82) is 0 Å². The fraction of sp³-hybridized carbons (Fsp3) is 0.700. The number of carbonyl (C=O) groups is 1. The van der Waals surface area contributed by atoms with E-state index >= 15 is 0 Å². The molecule has 1 saturated heterocycles. The number of amides is 1. The van der Waals surface area contributed by atoms with Gasteiger partial charge in [-0.05, 0) is 26.1 Å². The fourth-order valence-corrected chi connectivity index (χ4v) is 3.24. The molecule has 0 aromatic rings. The minimum absolute atomic E-state index is 0.193. The number of sulfonamides is 1. The Hall–Kier alpha value is -1.22. The van der Waals surface area contributed by atoms with Gasteiger partial charge >= 0.3 is 0 Å². The summed E-state index contributed by atoms with van der Waals surface area (Å²) in [5.74, 6) is -0.650. The van der Waals surface area contributed by atoms with Gasteiger partial charge in [0.2, 0.25) is 0 Å². The van der Waals surface area contributed by atoms with Gasteiger partial charge in [0.15, 0.2) is 5.11 Å². The summed E-state index contributed by atoms with van der Waals surface area (Å²) >= 11 is 5.10. The maximum Gasteiger partial charge on any atom is 0.272 e. The van der Waals surface area contributed by atoms with Gasteiger partial charge < -0.3 is 9.80 Å². The van der Waals surface area contributed by atoms with E-state index in [1.54, 1.807) is 27.9 Å². The molecule has 0 aromatic carbocycles.